The van der Waals surface area contributed by atoms with Gasteiger partial charge in [0, 0.05) is 23.8 Å². The van der Waals surface area contributed by atoms with Crippen LogP contribution in [0, 0.1) is 5.92 Å². The molecule has 0 aromatic heterocycles. The average Bonchev–Trinajstić information content (AvgIpc) is 3.09. The summed E-state index contributed by atoms with van der Waals surface area (Å²) >= 11 is 0. The lowest BCUT2D eigenvalue weighted by atomic mass is 9.77. The van der Waals surface area contributed by atoms with Crippen LogP contribution in [-0.4, -0.2) is 13.4 Å². The highest BCUT2D eigenvalue weighted by Crippen LogP contribution is 2.49. The number of hydrogen-bond donors (Lipinski definition) is 1. The van der Waals surface area contributed by atoms with Crippen LogP contribution in [0.1, 0.15) is 36.1 Å². The zero-order valence-corrected chi connectivity index (χ0v) is 12.8. The van der Waals surface area contributed by atoms with Crippen LogP contribution in [0.15, 0.2) is 42.5 Å². The first-order valence-electron chi connectivity index (χ1n) is 8.27. The van der Waals surface area contributed by atoms with E-state index in [4.69, 9.17) is 14.2 Å². The van der Waals surface area contributed by atoms with E-state index in [1.54, 1.807) is 0 Å². The summed E-state index contributed by atoms with van der Waals surface area (Å²) in [7, 11) is 0. The van der Waals surface area contributed by atoms with Gasteiger partial charge in [0.1, 0.15) is 0 Å². The van der Waals surface area contributed by atoms with E-state index in [1.807, 2.05) is 6.07 Å². The van der Waals surface area contributed by atoms with Gasteiger partial charge >= 0.3 is 0 Å². The second-order valence-electron chi connectivity index (χ2n) is 6.42. The van der Waals surface area contributed by atoms with Crippen molar-refractivity contribution in [2.24, 2.45) is 5.92 Å². The molecule has 118 valence electrons. The molecule has 0 unspecified atom stereocenters. The molecule has 2 aromatic carbocycles. The van der Waals surface area contributed by atoms with Gasteiger partial charge < -0.3 is 19.5 Å². The minimum absolute atomic E-state index is 0.177. The van der Waals surface area contributed by atoms with Gasteiger partial charge in [0.25, 0.3) is 0 Å². The summed E-state index contributed by atoms with van der Waals surface area (Å²) in [5.74, 6) is 2.12. The maximum absolute atomic E-state index is 6.16. The summed E-state index contributed by atoms with van der Waals surface area (Å²) < 4.78 is 17.1. The minimum Gasteiger partial charge on any atom is -0.454 e. The maximum atomic E-state index is 6.16. The van der Waals surface area contributed by atoms with Crippen LogP contribution < -0.4 is 14.8 Å². The SMILES string of the molecule is c1ccc2c(c1)N[C@@H](c1ccc3c(c1)OCO3)[C@@H]1CCCO[C@H]21. The van der Waals surface area contributed by atoms with Gasteiger partial charge in [-0.05, 0) is 36.6 Å². The van der Waals surface area contributed by atoms with Gasteiger partial charge in [-0.3, -0.25) is 0 Å². The number of hydrogen-bond acceptors (Lipinski definition) is 4. The van der Waals surface area contributed by atoms with E-state index in [0.717, 1.165) is 24.5 Å². The van der Waals surface area contributed by atoms with Crippen LogP contribution in [0.5, 0.6) is 11.5 Å². The Kier molecular flexibility index (Phi) is 2.98. The molecule has 3 aliphatic rings. The summed E-state index contributed by atoms with van der Waals surface area (Å²) in [4.78, 5) is 0. The van der Waals surface area contributed by atoms with Crippen molar-refractivity contribution in [2.45, 2.75) is 25.0 Å². The van der Waals surface area contributed by atoms with E-state index in [1.165, 1.54) is 23.2 Å². The molecule has 0 aliphatic carbocycles. The standard InChI is InChI=1S/C19H19NO3/c1-2-6-15-13(4-1)19-14(5-3-9-21-19)18(20-15)12-7-8-16-17(10-12)23-11-22-16/h1-2,4,6-8,10,14,18-20H,3,5,9,11H2/t14-,18-,19+/m0/s1. The summed E-state index contributed by atoms with van der Waals surface area (Å²) in [6.45, 7) is 1.16. The number of fused-ring (bicyclic) bond motifs is 4. The largest absolute Gasteiger partial charge is 0.454 e. The van der Waals surface area contributed by atoms with Crippen molar-refractivity contribution in [1.29, 1.82) is 0 Å². The summed E-state index contributed by atoms with van der Waals surface area (Å²) in [6, 6.07) is 15.0. The Morgan fingerprint density at radius 2 is 1.91 bits per heavy atom. The third-order valence-electron chi connectivity index (χ3n) is 5.13. The molecular weight excluding hydrogens is 290 g/mol. The predicted octanol–water partition coefficient (Wildman–Crippen LogP) is 4.05. The summed E-state index contributed by atoms with van der Waals surface area (Å²) in [5, 5.41) is 3.73. The molecule has 0 spiro atoms. The smallest absolute Gasteiger partial charge is 0.231 e. The molecule has 4 heteroatoms. The third-order valence-corrected chi connectivity index (χ3v) is 5.13. The Bertz CT molecular complexity index is 745. The molecule has 3 heterocycles. The highest BCUT2D eigenvalue weighted by molar-refractivity contribution is 5.58. The van der Waals surface area contributed by atoms with E-state index >= 15 is 0 Å². The number of benzene rings is 2. The number of nitrogens with one attached hydrogen (secondary N) is 1. The van der Waals surface area contributed by atoms with Crippen LogP contribution in [0.25, 0.3) is 0 Å². The lowest BCUT2D eigenvalue weighted by molar-refractivity contribution is -0.0381. The highest BCUT2D eigenvalue weighted by Gasteiger charge is 2.39. The fourth-order valence-corrected chi connectivity index (χ4v) is 4.05. The Morgan fingerprint density at radius 1 is 1.00 bits per heavy atom. The Labute approximate surface area is 135 Å². The molecule has 23 heavy (non-hydrogen) atoms. The average molecular weight is 309 g/mol. The van der Waals surface area contributed by atoms with Crippen molar-refractivity contribution in [3.63, 3.8) is 0 Å². The van der Waals surface area contributed by atoms with Crippen LogP contribution in [0.4, 0.5) is 5.69 Å². The van der Waals surface area contributed by atoms with Crippen molar-refractivity contribution in [3.8, 4) is 11.5 Å². The third kappa shape index (κ3) is 2.09. The topological polar surface area (TPSA) is 39.7 Å². The van der Waals surface area contributed by atoms with Crippen molar-refractivity contribution >= 4 is 5.69 Å². The molecule has 1 saturated heterocycles. The molecule has 1 N–H and O–H groups in total. The molecule has 0 bridgehead atoms. The Balaban J connectivity index is 1.57. The molecule has 0 saturated carbocycles. The van der Waals surface area contributed by atoms with Crippen molar-refractivity contribution in [2.75, 3.05) is 18.7 Å². The van der Waals surface area contributed by atoms with E-state index in [2.05, 4.69) is 41.7 Å². The van der Waals surface area contributed by atoms with Gasteiger partial charge in [0.05, 0.1) is 12.1 Å². The molecular formula is C19H19NO3. The van der Waals surface area contributed by atoms with E-state index in [9.17, 15) is 0 Å². The molecule has 2 aromatic rings. The van der Waals surface area contributed by atoms with Gasteiger partial charge in [0.2, 0.25) is 6.79 Å². The minimum atomic E-state index is 0.177. The summed E-state index contributed by atoms with van der Waals surface area (Å²) in [6.07, 6.45) is 2.47. The van der Waals surface area contributed by atoms with Crippen LogP contribution in [0.2, 0.25) is 0 Å². The highest BCUT2D eigenvalue weighted by atomic mass is 16.7. The number of rotatable bonds is 1. The molecule has 0 radical (unpaired) electrons. The molecule has 3 aliphatic heterocycles. The number of ether oxygens (including phenoxy) is 3. The first-order chi connectivity index (χ1) is 11.4. The number of anilines is 1. The normalized spacial score (nSPS) is 27.7. The number of para-hydroxylation sites is 1. The first-order valence-corrected chi connectivity index (χ1v) is 8.27. The van der Waals surface area contributed by atoms with Gasteiger partial charge in [0.15, 0.2) is 11.5 Å². The van der Waals surface area contributed by atoms with E-state index < -0.39 is 0 Å². The monoisotopic (exact) mass is 309 g/mol. The zero-order valence-electron chi connectivity index (χ0n) is 12.8. The predicted molar refractivity (Wildman–Crippen MR) is 86.8 cm³/mol. The molecule has 1 fully saturated rings. The first kappa shape index (κ1) is 13.3. The van der Waals surface area contributed by atoms with Crippen LogP contribution in [-0.2, 0) is 4.74 Å². The van der Waals surface area contributed by atoms with Crippen molar-refractivity contribution in [1.82, 2.24) is 0 Å². The Morgan fingerprint density at radius 3 is 2.91 bits per heavy atom. The quantitative estimate of drug-likeness (QED) is 0.862. The van der Waals surface area contributed by atoms with Crippen molar-refractivity contribution in [3.05, 3.63) is 53.6 Å². The second kappa shape index (κ2) is 5.17. The molecule has 4 nitrogen and oxygen atoms in total. The van der Waals surface area contributed by atoms with Gasteiger partial charge in [-0.2, -0.15) is 0 Å². The fraction of sp³-hybridized carbons (Fsp3) is 0.368. The molecule has 0 amide bonds. The lowest BCUT2D eigenvalue weighted by Gasteiger charge is -2.43. The maximum Gasteiger partial charge on any atom is 0.231 e. The van der Waals surface area contributed by atoms with Gasteiger partial charge in [-0.1, -0.05) is 24.3 Å². The Hall–Kier alpha value is -2.20. The van der Waals surface area contributed by atoms with Crippen molar-refractivity contribution < 1.29 is 14.2 Å². The fourth-order valence-electron chi connectivity index (χ4n) is 4.05. The zero-order chi connectivity index (χ0) is 15.2. The lowest BCUT2D eigenvalue weighted by Crippen LogP contribution is -2.35. The van der Waals surface area contributed by atoms with Gasteiger partial charge in [-0.25, -0.2) is 0 Å². The molecule has 5 rings (SSSR count). The van der Waals surface area contributed by atoms with Crippen LogP contribution in [0.3, 0.4) is 0 Å². The van der Waals surface area contributed by atoms with E-state index in [0.29, 0.717) is 12.7 Å². The van der Waals surface area contributed by atoms with Gasteiger partial charge in [-0.15, -0.1) is 0 Å². The summed E-state index contributed by atoms with van der Waals surface area (Å²) in [5.41, 5.74) is 3.71. The molecule has 3 atom stereocenters. The second-order valence-corrected chi connectivity index (χ2v) is 6.42. The van der Waals surface area contributed by atoms with E-state index in [-0.39, 0.29) is 12.1 Å². The van der Waals surface area contributed by atoms with Crippen LogP contribution >= 0.6 is 0 Å².